The Hall–Kier alpha value is 0.0169. The van der Waals surface area contributed by atoms with E-state index in [-0.39, 0.29) is 6.17 Å². The van der Waals surface area contributed by atoms with Gasteiger partial charge < -0.3 is 24.3 Å². The fraction of sp³-hybridized carbons (Fsp3) is 1.00. The van der Waals surface area contributed by atoms with Gasteiger partial charge in [-0.1, -0.05) is 6.42 Å². The van der Waals surface area contributed by atoms with E-state index in [4.69, 9.17) is 19.0 Å². The van der Waals surface area contributed by atoms with Crippen LogP contribution in [0.25, 0.3) is 0 Å². The van der Waals surface area contributed by atoms with E-state index in [2.05, 4.69) is 5.32 Å². The Morgan fingerprint density at radius 2 is 1.62 bits per heavy atom. The predicted octanol–water partition coefficient (Wildman–Crippen LogP) is 0.929. The Labute approximate surface area is 100 Å². The van der Waals surface area contributed by atoms with Gasteiger partial charge in [-0.2, -0.15) is 0 Å². The van der Waals surface area contributed by atoms with Gasteiger partial charge in [-0.25, -0.2) is 0 Å². The first-order valence-electron chi connectivity index (χ1n) is 5.74. The van der Waals surface area contributed by atoms with Gasteiger partial charge in [0.1, 0.15) is 0 Å². The van der Waals surface area contributed by atoms with Crippen LogP contribution in [0.2, 0.25) is 6.04 Å². The molecular weight excluding hydrogens is 224 g/mol. The lowest BCUT2D eigenvalue weighted by Crippen LogP contribution is -2.42. The van der Waals surface area contributed by atoms with Crippen LogP contribution in [0.15, 0.2) is 0 Å². The fourth-order valence-electron chi connectivity index (χ4n) is 1.53. The van der Waals surface area contributed by atoms with Gasteiger partial charge in [0, 0.05) is 27.4 Å². The Bertz CT molecular complexity index is 158. The Morgan fingerprint density at radius 3 is 2.06 bits per heavy atom. The van der Waals surface area contributed by atoms with E-state index in [9.17, 15) is 0 Å². The summed E-state index contributed by atoms with van der Waals surface area (Å²) in [6, 6.07) is 0.870. The van der Waals surface area contributed by atoms with E-state index >= 15 is 0 Å². The summed E-state index contributed by atoms with van der Waals surface area (Å²) in [5.41, 5.74) is 5.58. The van der Waals surface area contributed by atoms with Crippen molar-refractivity contribution in [2.24, 2.45) is 5.73 Å². The molecule has 5 nitrogen and oxygen atoms in total. The molecule has 1 atom stereocenters. The maximum atomic E-state index is 5.58. The molecular formula is C10H26N2O3Si. The van der Waals surface area contributed by atoms with Crippen molar-refractivity contribution in [1.29, 1.82) is 0 Å². The summed E-state index contributed by atoms with van der Waals surface area (Å²) in [5, 5.41) is 3.18. The average molecular weight is 250 g/mol. The molecule has 3 N–H and O–H groups in total. The zero-order valence-corrected chi connectivity index (χ0v) is 11.9. The molecule has 0 saturated carbocycles. The zero-order chi connectivity index (χ0) is 12.4. The maximum Gasteiger partial charge on any atom is 0.500 e. The van der Waals surface area contributed by atoms with Crippen molar-refractivity contribution in [2.45, 2.75) is 38.4 Å². The van der Waals surface area contributed by atoms with Crippen LogP contribution >= 0.6 is 0 Å². The monoisotopic (exact) mass is 250 g/mol. The summed E-state index contributed by atoms with van der Waals surface area (Å²) >= 11 is 0. The molecule has 0 aromatic rings. The van der Waals surface area contributed by atoms with Gasteiger partial charge in [0.15, 0.2) is 0 Å². The summed E-state index contributed by atoms with van der Waals surface area (Å²) in [5.74, 6) is 0. The van der Waals surface area contributed by atoms with Crippen molar-refractivity contribution in [2.75, 3.05) is 27.9 Å². The van der Waals surface area contributed by atoms with Gasteiger partial charge in [0.25, 0.3) is 0 Å². The van der Waals surface area contributed by atoms with Crippen LogP contribution in [0, 0.1) is 0 Å². The van der Waals surface area contributed by atoms with Crippen LogP contribution < -0.4 is 11.1 Å². The molecule has 0 heterocycles. The number of nitrogens with two attached hydrogens (primary N) is 1. The Balaban J connectivity index is 3.55. The summed E-state index contributed by atoms with van der Waals surface area (Å²) in [6.45, 7) is 2.90. The third-order valence-corrected chi connectivity index (χ3v) is 5.39. The van der Waals surface area contributed by atoms with Crippen LogP contribution in [0.5, 0.6) is 0 Å². The molecule has 98 valence electrons. The van der Waals surface area contributed by atoms with Crippen molar-refractivity contribution in [3.63, 3.8) is 0 Å². The van der Waals surface area contributed by atoms with E-state index in [1.165, 1.54) is 0 Å². The summed E-state index contributed by atoms with van der Waals surface area (Å²) in [7, 11) is 2.60. The van der Waals surface area contributed by atoms with Gasteiger partial charge in [0.05, 0.1) is 6.17 Å². The van der Waals surface area contributed by atoms with Gasteiger partial charge in [-0.3, -0.25) is 0 Å². The first kappa shape index (κ1) is 16.0. The molecule has 6 heteroatoms. The van der Waals surface area contributed by atoms with Crippen LogP contribution in [0.1, 0.15) is 26.2 Å². The second-order valence-electron chi connectivity index (χ2n) is 3.85. The molecule has 0 rings (SSSR count). The van der Waals surface area contributed by atoms with Crippen LogP contribution in [-0.2, 0) is 13.3 Å². The second-order valence-corrected chi connectivity index (χ2v) is 6.94. The van der Waals surface area contributed by atoms with E-state index < -0.39 is 8.80 Å². The van der Waals surface area contributed by atoms with Gasteiger partial charge in [-0.15, -0.1) is 0 Å². The number of hydrogen-bond donors (Lipinski definition) is 2. The molecule has 0 bridgehead atoms. The lowest BCUT2D eigenvalue weighted by Gasteiger charge is -2.24. The fourth-order valence-corrected chi connectivity index (χ4v) is 3.32. The molecule has 0 amide bonds. The standard InChI is InChI=1S/C10H26N2O3Si/c1-10(11)12-8-6-5-7-9-16(13-2,14-3)15-4/h10,12H,5-9,11H2,1-4H3. The minimum Gasteiger partial charge on any atom is -0.377 e. The molecule has 0 aromatic heterocycles. The highest BCUT2D eigenvalue weighted by atomic mass is 28.4. The van der Waals surface area contributed by atoms with E-state index in [0.717, 1.165) is 31.9 Å². The number of unbranched alkanes of at least 4 members (excludes halogenated alkanes) is 2. The lowest BCUT2D eigenvalue weighted by molar-refractivity contribution is 0.122. The summed E-state index contributed by atoms with van der Waals surface area (Å²) in [6.07, 6.45) is 3.38. The number of nitrogens with one attached hydrogen (secondary N) is 1. The van der Waals surface area contributed by atoms with Gasteiger partial charge in [0.2, 0.25) is 0 Å². The van der Waals surface area contributed by atoms with Crippen molar-refractivity contribution in [3.8, 4) is 0 Å². The van der Waals surface area contributed by atoms with Crippen LogP contribution in [0.4, 0.5) is 0 Å². The van der Waals surface area contributed by atoms with E-state index in [1.807, 2.05) is 6.92 Å². The van der Waals surface area contributed by atoms with Crippen LogP contribution in [0.3, 0.4) is 0 Å². The van der Waals surface area contributed by atoms with Gasteiger partial charge >= 0.3 is 8.80 Å². The molecule has 1 unspecified atom stereocenters. The van der Waals surface area contributed by atoms with Gasteiger partial charge in [-0.05, 0) is 26.3 Å². The number of rotatable bonds is 10. The Kier molecular flexibility index (Phi) is 9.10. The third kappa shape index (κ3) is 6.57. The molecule has 0 radical (unpaired) electrons. The predicted molar refractivity (Wildman–Crippen MR) is 67.1 cm³/mol. The van der Waals surface area contributed by atoms with E-state index in [0.29, 0.717) is 0 Å². The highest BCUT2D eigenvalue weighted by molar-refractivity contribution is 6.60. The van der Waals surface area contributed by atoms with Crippen molar-refractivity contribution in [1.82, 2.24) is 5.32 Å². The first-order valence-corrected chi connectivity index (χ1v) is 7.68. The molecule has 16 heavy (non-hydrogen) atoms. The molecule has 0 fully saturated rings. The summed E-state index contributed by atoms with van der Waals surface area (Å²) in [4.78, 5) is 0. The third-order valence-electron chi connectivity index (χ3n) is 2.56. The minimum absolute atomic E-state index is 0.0744. The first-order chi connectivity index (χ1) is 7.60. The molecule has 0 aromatic carbocycles. The lowest BCUT2D eigenvalue weighted by atomic mass is 10.2. The van der Waals surface area contributed by atoms with Crippen molar-refractivity contribution >= 4 is 8.80 Å². The smallest absolute Gasteiger partial charge is 0.377 e. The molecule has 0 spiro atoms. The molecule has 0 saturated heterocycles. The SMILES string of the molecule is CO[Si](CCCCCNC(C)N)(OC)OC. The largest absolute Gasteiger partial charge is 0.500 e. The average Bonchev–Trinajstić information content (AvgIpc) is 2.29. The quantitative estimate of drug-likeness (QED) is 0.343. The van der Waals surface area contributed by atoms with Crippen molar-refractivity contribution in [3.05, 3.63) is 0 Å². The highest BCUT2D eigenvalue weighted by Crippen LogP contribution is 2.16. The normalized spacial score (nSPS) is 14.1. The molecule has 0 aliphatic rings. The maximum absolute atomic E-state index is 5.58. The molecule has 0 aliphatic heterocycles. The van der Waals surface area contributed by atoms with Crippen molar-refractivity contribution < 1.29 is 13.3 Å². The second kappa shape index (κ2) is 9.09. The van der Waals surface area contributed by atoms with E-state index in [1.54, 1.807) is 21.3 Å². The minimum atomic E-state index is -2.34. The molecule has 0 aliphatic carbocycles. The highest BCUT2D eigenvalue weighted by Gasteiger charge is 2.36. The Morgan fingerprint density at radius 1 is 1.06 bits per heavy atom. The van der Waals surface area contributed by atoms with Crippen LogP contribution in [-0.4, -0.2) is 42.8 Å². The topological polar surface area (TPSA) is 65.7 Å². The zero-order valence-electron chi connectivity index (χ0n) is 10.9. The number of hydrogen-bond acceptors (Lipinski definition) is 5. The summed E-state index contributed by atoms with van der Waals surface area (Å²) < 4.78 is 16.0.